The highest BCUT2D eigenvalue weighted by molar-refractivity contribution is 6.01. The molecule has 0 saturated carbocycles. The lowest BCUT2D eigenvalue weighted by Gasteiger charge is -2.22. The Morgan fingerprint density at radius 3 is 2.95 bits per heavy atom. The first-order chi connectivity index (χ1) is 9.84. The quantitative estimate of drug-likeness (QED) is 0.865. The Hall–Kier alpha value is -2.43. The fourth-order valence-electron chi connectivity index (χ4n) is 2.44. The molecule has 0 unspecified atom stereocenters. The second-order valence-electron chi connectivity index (χ2n) is 4.76. The second kappa shape index (κ2) is 5.69. The van der Waals surface area contributed by atoms with Gasteiger partial charge in [-0.15, -0.1) is 0 Å². The van der Waals surface area contributed by atoms with Gasteiger partial charge >= 0.3 is 6.03 Å². The summed E-state index contributed by atoms with van der Waals surface area (Å²) in [5, 5.41) is 2.82. The van der Waals surface area contributed by atoms with E-state index in [0.29, 0.717) is 5.82 Å². The number of aromatic nitrogens is 2. The lowest BCUT2D eigenvalue weighted by Crippen LogP contribution is -2.35. The first kappa shape index (κ1) is 12.6. The van der Waals surface area contributed by atoms with Gasteiger partial charge in [-0.1, -0.05) is 18.2 Å². The number of carbonyl (C=O) groups is 1. The molecule has 2 heterocycles. The molecule has 3 rings (SSSR count). The van der Waals surface area contributed by atoms with E-state index in [1.807, 2.05) is 18.2 Å². The molecular weight excluding hydrogens is 252 g/mol. The molecule has 102 valence electrons. The highest BCUT2D eigenvalue weighted by Crippen LogP contribution is 2.26. The fraction of sp³-hybridized carbons (Fsp3) is 0.267. The Labute approximate surface area is 117 Å². The number of amides is 2. The zero-order chi connectivity index (χ0) is 13.8. The average Bonchev–Trinajstić information content (AvgIpc) is 2.70. The number of para-hydroxylation sites is 1. The van der Waals surface area contributed by atoms with Crippen LogP contribution < -0.4 is 10.2 Å². The van der Waals surface area contributed by atoms with E-state index in [1.54, 1.807) is 17.2 Å². The van der Waals surface area contributed by atoms with Crippen molar-refractivity contribution in [1.29, 1.82) is 0 Å². The Balaban J connectivity index is 1.84. The van der Waals surface area contributed by atoms with Gasteiger partial charge in [0.1, 0.15) is 12.1 Å². The van der Waals surface area contributed by atoms with E-state index >= 15 is 0 Å². The predicted molar refractivity (Wildman–Crippen MR) is 77.8 cm³/mol. The molecule has 2 amide bonds. The summed E-state index contributed by atoms with van der Waals surface area (Å²) in [5.74, 6) is 0.520. The van der Waals surface area contributed by atoms with Gasteiger partial charge in [0.2, 0.25) is 0 Å². The number of benzene rings is 1. The van der Waals surface area contributed by atoms with Crippen LogP contribution in [0.2, 0.25) is 0 Å². The molecule has 2 aromatic rings. The highest BCUT2D eigenvalue weighted by atomic mass is 16.2. The summed E-state index contributed by atoms with van der Waals surface area (Å²) in [5.41, 5.74) is 2.22. The van der Waals surface area contributed by atoms with Crippen molar-refractivity contribution in [3.8, 4) is 0 Å². The van der Waals surface area contributed by atoms with Gasteiger partial charge in [0.05, 0.1) is 0 Å². The summed E-state index contributed by atoms with van der Waals surface area (Å²) in [4.78, 5) is 22.1. The van der Waals surface area contributed by atoms with Crippen LogP contribution >= 0.6 is 0 Å². The number of aryl methyl sites for hydroxylation is 1. The van der Waals surface area contributed by atoms with Gasteiger partial charge in [-0.05, 0) is 37.0 Å². The first-order valence-electron chi connectivity index (χ1n) is 6.77. The van der Waals surface area contributed by atoms with Crippen molar-refractivity contribution in [3.05, 3.63) is 48.4 Å². The maximum absolute atomic E-state index is 12.4. The molecule has 20 heavy (non-hydrogen) atoms. The van der Waals surface area contributed by atoms with E-state index in [1.165, 1.54) is 11.9 Å². The van der Waals surface area contributed by atoms with Crippen molar-refractivity contribution in [2.24, 2.45) is 0 Å². The zero-order valence-electron chi connectivity index (χ0n) is 11.1. The number of anilines is 2. The van der Waals surface area contributed by atoms with Crippen molar-refractivity contribution in [3.63, 3.8) is 0 Å². The third-order valence-electron chi connectivity index (χ3n) is 3.42. The zero-order valence-corrected chi connectivity index (χ0v) is 11.1. The molecule has 0 bridgehead atoms. The van der Waals surface area contributed by atoms with Crippen LogP contribution in [0.3, 0.4) is 0 Å². The number of nitrogens with one attached hydrogen (secondary N) is 1. The normalized spacial score (nSPS) is 14.3. The van der Waals surface area contributed by atoms with Crippen molar-refractivity contribution in [2.45, 2.75) is 19.3 Å². The van der Waals surface area contributed by atoms with Gasteiger partial charge in [-0.3, -0.25) is 10.2 Å². The lowest BCUT2D eigenvalue weighted by molar-refractivity contribution is 0.257. The van der Waals surface area contributed by atoms with Crippen molar-refractivity contribution >= 4 is 17.5 Å². The van der Waals surface area contributed by atoms with Gasteiger partial charge in [0.25, 0.3) is 0 Å². The van der Waals surface area contributed by atoms with E-state index in [0.717, 1.165) is 31.5 Å². The molecule has 0 saturated heterocycles. The smallest absolute Gasteiger partial charge is 0.294 e. The summed E-state index contributed by atoms with van der Waals surface area (Å²) < 4.78 is 0. The van der Waals surface area contributed by atoms with E-state index in [2.05, 4.69) is 21.4 Å². The molecule has 1 aliphatic rings. The molecule has 0 aliphatic carbocycles. The fourth-order valence-corrected chi connectivity index (χ4v) is 2.44. The van der Waals surface area contributed by atoms with Crippen LogP contribution in [0.15, 0.2) is 42.9 Å². The number of rotatable bonds is 1. The Morgan fingerprint density at radius 1 is 1.20 bits per heavy atom. The maximum Gasteiger partial charge on any atom is 0.327 e. The van der Waals surface area contributed by atoms with Gasteiger partial charge in [-0.2, -0.15) is 0 Å². The molecule has 0 spiro atoms. The molecule has 5 nitrogen and oxygen atoms in total. The Bertz CT molecular complexity index is 600. The largest absolute Gasteiger partial charge is 0.327 e. The Morgan fingerprint density at radius 2 is 2.10 bits per heavy atom. The number of urea groups is 1. The van der Waals surface area contributed by atoms with Crippen LogP contribution in [0.25, 0.3) is 0 Å². The van der Waals surface area contributed by atoms with Crippen LogP contribution in [0.1, 0.15) is 18.4 Å². The summed E-state index contributed by atoms with van der Waals surface area (Å²) in [6.45, 7) is 0.730. The first-order valence-corrected chi connectivity index (χ1v) is 6.77. The van der Waals surface area contributed by atoms with E-state index in [4.69, 9.17) is 0 Å². The van der Waals surface area contributed by atoms with E-state index in [-0.39, 0.29) is 6.03 Å². The topological polar surface area (TPSA) is 58.1 Å². The summed E-state index contributed by atoms with van der Waals surface area (Å²) >= 11 is 0. The average molecular weight is 268 g/mol. The van der Waals surface area contributed by atoms with Gasteiger partial charge in [0.15, 0.2) is 0 Å². The van der Waals surface area contributed by atoms with Crippen LogP contribution in [-0.2, 0) is 6.42 Å². The predicted octanol–water partition coefficient (Wildman–Crippen LogP) is 2.85. The van der Waals surface area contributed by atoms with Gasteiger partial charge in [0, 0.05) is 18.4 Å². The third-order valence-corrected chi connectivity index (χ3v) is 3.42. The minimum Gasteiger partial charge on any atom is -0.294 e. The number of fused-ring (bicyclic) bond motifs is 1. The summed E-state index contributed by atoms with van der Waals surface area (Å²) in [6.07, 6.45) is 6.17. The standard InChI is InChI=1S/C15H16N4O/c20-15(18-14-8-9-16-11-17-14)19-10-4-3-6-12-5-1-2-7-13(12)19/h1-2,5,7-9,11H,3-4,6,10H2,(H,16,17,18,20). The molecule has 5 heteroatoms. The molecule has 0 atom stereocenters. The molecule has 1 aliphatic heterocycles. The molecule has 0 radical (unpaired) electrons. The third kappa shape index (κ3) is 2.61. The van der Waals surface area contributed by atoms with E-state index in [9.17, 15) is 4.79 Å². The number of nitrogens with zero attached hydrogens (tertiary/aromatic N) is 3. The van der Waals surface area contributed by atoms with Crippen LogP contribution in [0.5, 0.6) is 0 Å². The number of carbonyl (C=O) groups excluding carboxylic acids is 1. The molecule has 1 aromatic heterocycles. The summed E-state index contributed by atoms with van der Waals surface area (Å²) in [6, 6.07) is 9.62. The second-order valence-corrected chi connectivity index (χ2v) is 4.76. The monoisotopic (exact) mass is 268 g/mol. The van der Waals surface area contributed by atoms with Gasteiger partial charge in [-0.25, -0.2) is 14.8 Å². The number of hydrogen-bond donors (Lipinski definition) is 1. The van der Waals surface area contributed by atoms with Crippen LogP contribution in [-0.4, -0.2) is 22.5 Å². The van der Waals surface area contributed by atoms with Gasteiger partial charge < -0.3 is 0 Å². The molecule has 1 N–H and O–H groups in total. The van der Waals surface area contributed by atoms with Crippen molar-refractivity contribution < 1.29 is 4.79 Å². The highest BCUT2D eigenvalue weighted by Gasteiger charge is 2.20. The lowest BCUT2D eigenvalue weighted by atomic mass is 10.1. The molecular formula is C15H16N4O. The minimum atomic E-state index is -0.141. The Kier molecular flexibility index (Phi) is 3.58. The SMILES string of the molecule is O=C(Nc1ccncn1)N1CCCCc2ccccc21. The van der Waals surface area contributed by atoms with E-state index < -0.39 is 0 Å². The number of hydrogen-bond acceptors (Lipinski definition) is 3. The van der Waals surface area contributed by atoms with Crippen LogP contribution in [0.4, 0.5) is 16.3 Å². The summed E-state index contributed by atoms with van der Waals surface area (Å²) in [7, 11) is 0. The van der Waals surface area contributed by atoms with Crippen LogP contribution in [0, 0.1) is 0 Å². The van der Waals surface area contributed by atoms with Crippen molar-refractivity contribution in [1.82, 2.24) is 9.97 Å². The minimum absolute atomic E-state index is 0.141. The van der Waals surface area contributed by atoms with Crippen molar-refractivity contribution in [2.75, 3.05) is 16.8 Å². The molecule has 1 aromatic carbocycles. The maximum atomic E-state index is 12.4. The molecule has 0 fully saturated rings.